The minimum absolute atomic E-state index is 0.0422. The molecule has 0 spiro atoms. The Morgan fingerprint density at radius 2 is 2.00 bits per heavy atom. The minimum Gasteiger partial charge on any atom is -0.496 e. The van der Waals surface area contributed by atoms with E-state index >= 15 is 0 Å². The minimum atomic E-state index is -3.10. The zero-order valence-corrected chi connectivity index (χ0v) is 12.8. The first-order chi connectivity index (χ1) is 9.54. The van der Waals surface area contributed by atoms with Crippen LogP contribution in [0.25, 0.3) is 0 Å². The van der Waals surface area contributed by atoms with E-state index in [0.717, 1.165) is 31.2 Å². The highest BCUT2D eigenvalue weighted by atomic mass is 32.2. The first-order valence-corrected chi connectivity index (χ1v) is 8.92. The molecule has 1 aliphatic rings. The molecule has 0 radical (unpaired) electrons. The highest BCUT2D eigenvalue weighted by molar-refractivity contribution is 7.90. The first kappa shape index (κ1) is 15.3. The Kier molecular flexibility index (Phi) is 5.05. The Balaban J connectivity index is 2.14. The maximum Gasteiger partial charge on any atom is 0.154 e. The van der Waals surface area contributed by atoms with Gasteiger partial charge in [-0.05, 0) is 36.5 Å². The summed E-state index contributed by atoms with van der Waals surface area (Å²) in [6.45, 7) is 0.402. The third-order valence-electron chi connectivity index (χ3n) is 3.92. The standard InChI is InChI=1S/C15H23NO3S/c1-19-15-7-6-13(9-16)8-14(15)11-20(17,18)10-12-4-2-3-5-12/h6-8,12H,2-5,9-11,16H2,1H3. The average Bonchev–Trinajstić information content (AvgIpc) is 2.90. The van der Waals surface area contributed by atoms with Crippen LogP contribution in [0.2, 0.25) is 0 Å². The van der Waals surface area contributed by atoms with Crippen molar-refractivity contribution in [3.63, 3.8) is 0 Å². The summed E-state index contributed by atoms with van der Waals surface area (Å²) in [4.78, 5) is 0. The van der Waals surface area contributed by atoms with Gasteiger partial charge in [0.1, 0.15) is 5.75 Å². The molecule has 0 atom stereocenters. The van der Waals surface area contributed by atoms with E-state index in [4.69, 9.17) is 10.5 Å². The van der Waals surface area contributed by atoms with Gasteiger partial charge in [0.15, 0.2) is 9.84 Å². The molecule has 20 heavy (non-hydrogen) atoms. The first-order valence-electron chi connectivity index (χ1n) is 7.10. The van der Waals surface area contributed by atoms with E-state index in [1.54, 1.807) is 13.2 Å². The quantitative estimate of drug-likeness (QED) is 0.874. The molecule has 0 unspecified atom stereocenters. The van der Waals surface area contributed by atoms with Crippen molar-refractivity contribution in [2.45, 2.75) is 38.0 Å². The van der Waals surface area contributed by atoms with Gasteiger partial charge in [0.25, 0.3) is 0 Å². The van der Waals surface area contributed by atoms with Crippen molar-refractivity contribution >= 4 is 9.84 Å². The molecule has 1 saturated carbocycles. The van der Waals surface area contributed by atoms with Gasteiger partial charge in [0.05, 0.1) is 18.6 Å². The predicted molar refractivity (Wildman–Crippen MR) is 80.3 cm³/mol. The normalized spacial score (nSPS) is 16.5. The Hall–Kier alpha value is -1.07. The monoisotopic (exact) mass is 297 g/mol. The number of benzene rings is 1. The molecule has 1 fully saturated rings. The summed E-state index contributed by atoms with van der Waals surface area (Å²) >= 11 is 0. The van der Waals surface area contributed by atoms with Crippen molar-refractivity contribution < 1.29 is 13.2 Å². The van der Waals surface area contributed by atoms with E-state index in [1.165, 1.54) is 0 Å². The van der Waals surface area contributed by atoms with Gasteiger partial charge in [-0.15, -0.1) is 0 Å². The Labute approximate surface area is 121 Å². The Morgan fingerprint density at radius 1 is 1.30 bits per heavy atom. The number of nitrogens with two attached hydrogens (primary N) is 1. The summed E-state index contributed by atoms with van der Waals surface area (Å²) < 4.78 is 29.9. The fraction of sp³-hybridized carbons (Fsp3) is 0.600. The second kappa shape index (κ2) is 6.59. The molecule has 5 heteroatoms. The third-order valence-corrected chi connectivity index (χ3v) is 5.65. The molecule has 1 aliphatic carbocycles. The van der Waals surface area contributed by atoms with Crippen molar-refractivity contribution in [1.29, 1.82) is 0 Å². The van der Waals surface area contributed by atoms with Crippen LogP contribution < -0.4 is 10.5 Å². The molecule has 0 aromatic heterocycles. The summed E-state index contributed by atoms with van der Waals surface area (Å²) in [6, 6.07) is 5.50. The van der Waals surface area contributed by atoms with Crippen LogP contribution in [0.15, 0.2) is 18.2 Å². The maximum atomic E-state index is 12.3. The van der Waals surface area contributed by atoms with Crippen LogP contribution in [-0.2, 0) is 22.1 Å². The second-order valence-corrected chi connectivity index (χ2v) is 7.66. The maximum absolute atomic E-state index is 12.3. The van der Waals surface area contributed by atoms with E-state index in [0.29, 0.717) is 29.5 Å². The van der Waals surface area contributed by atoms with Crippen molar-refractivity contribution in [2.24, 2.45) is 11.7 Å². The second-order valence-electron chi connectivity index (χ2n) is 5.56. The molecule has 4 nitrogen and oxygen atoms in total. The summed E-state index contributed by atoms with van der Waals surface area (Å²) in [5.41, 5.74) is 7.26. The highest BCUT2D eigenvalue weighted by Gasteiger charge is 2.23. The zero-order valence-electron chi connectivity index (χ0n) is 12.0. The topological polar surface area (TPSA) is 69.4 Å². The van der Waals surface area contributed by atoms with Crippen molar-refractivity contribution in [3.8, 4) is 5.75 Å². The van der Waals surface area contributed by atoms with Crippen molar-refractivity contribution in [1.82, 2.24) is 0 Å². The molecular weight excluding hydrogens is 274 g/mol. The number of sulfone groups is 1. The van der Waals surface area contributed by atoms with E-state index in [9.17, 15) is 8.42 Å². The third kappa shape index (κ3) is 3.96. The molecule has 0 saturated heterocycles. The molecule has 1 aromatic carbocycles. The summed E-state index contributed by atoms with van der Waals surface area (Å²) in [6.07, 6.45) is 4.40. The molecule has 2 N–H and O–H groups in total. The lowest BCUT2D eigenvalue weighted by molar-refractivity contribution is 0.410. The zero-order chi connectivity index (χ0) is 14.6. The number of hydrogen-bond acceptors (Lipinski definition) is 4. The van der Waals surface area contributed by atoms with Gasteiger partial charge in [-0.1, -0.05) is 18.9 Å². The lowest BCUT2D eigenvalue weighted by atomic mass is 10.1. The molecule has 0 bridgehead atoms. The van der Waals surface area contributed by atoms with E-state index in [1.807, 2.05) is 12.1 Å². The number of ether oxygens (including phenoxy) is 1. The molecular formula is C15H23NO3S. The Morgan fingerprint density at radius 3 is 2.60 bits per heavy atom. The molecule has 0 heterocycles. The number of methoxy groups -OCH3 is 1. The fourth-order valence-electron chi connectivity index (χ4n) is 2.90. The van der Waals surface area contributed by atoms with Crippen molar-refractivity contribution in [3.05, 3.63) is 29.3 Å². The van der Waals surface area contributed by atoms with Crippen LogP contribution in [-0.4, -0.2) is 21.3 Å². The summed E-state index contributed by atoms with van der Waals surface area (Å²) in [5, 5.41) is 0. The van der Waals surface area contributed by atoms with E-state index in [-0.39, 0.29) is 5.75 Å². The van der Waals surface area contributed by atoms with Gasteiger partial charge in [0, 0.05) is 12.1 Å². The molecule has 0 amide bonds. The Bertz CT molecular complexity index is 548. The number of hydrogen-bond donors (Lipinski definition) is 1. The van der Waals surface area contributed by atoms with Gasteiger partial charge in [0.2, 0.25) is 0 Å². The van der Waals surface area contributed by atoms with Gasteiger partial charge in [-0.25, -0.2) is 8.42 Å². The SMILES string of the molecule is COc1ccc(CN)cc1CS(=O)(=O)CC1CCCC1. The number of rotatable bonds is 6. The smallest absolute Gasteiger partial charge is 0.154 e. The van der Waals surface area contributed by atoms with Crippen molar-refractivity contribution in [2.75, 3.05) is 12.9 Å². The lowest BCUT2D eigenvalue weighted by Gasteiger charge is -2.13. The van der Waals surface area contributed by atoms with Crippen LogP contribution in [0.3, 0.4) is 0 Å². The van der Waals surface area contributed by atoms with Crippen LogP contribution in [0.1, 0.15) is 36.8 Å². The van der Waals surface area contributed by atoms with Crippen LogP contribution in [0.4, 0.5) is 0 Å². The van der Waals surface area contributed by atoms with Gasteiger partial charge in [-0.3, -0.25) is 0 Å². The van der Waals surface area contributed by atoms with Crippen LogP contribution in [0, 0.1) is 5.92 Å². The fourth-order valence-corrected chi connectivity index (χ4v) is 4.77. The molecule has 2 rings (SSSR count). The van der Waals surface area contributed by atoms with E-state index < -0.39 is 9.84 Å². The van der Waals surface area contributed by atoms with Gasteiger partial charge in [-0.2, -0.15) is 0 Å². The predicted octanol–water partition coefficient (Wildman–Crippen LogP) is 2.26. The molecule has 112 valence electrons. The summed E-state index contributed by atoms with van der Waals surface area (Å²) in [7, 11) is -1.54. The van der Waals surface area contributed by atoms with Gasteiger partial charge < -0.3 is 10.5 Å². The molecule has 1 aromatic rings. The molecule has 0 aliphatic heterocycles. The lowest BCUT2D eigenvalue weighted by Crippen LogP contribution is -2.16. The largest absolute Gasteiger partial charge is 0.496 e. The van der Waals surface area contributed by atoms with Crippen LogP contribution >= 0.6 is 0 Å². The highest BCUT2D eigenvalue weighted by Crippen LogP contribution is 2.28. The van der Waals surface area contributed by atoms with E-state index in [2.05, 4.69) is 0 Å². The van der Waals surface area contributed by atoms with Gasteiger partial charge >= 0.3 is 0 Å². The van der Waals surface area contributed by atoms with Crippen LogP contribution in [0.5, 0.6) is 5.75 Å². The summed E-state index contributed by atoms with van der Waals surface area (Å²) in [5.74, 6) is 1.30. The average molecular weight is 297 g/mol.